The number of quaternary nitrogens is 1. The van der Waals surface area contributed by atoms with E-state index >= 15 is 0 Å². The first-order valence-electron chi connectivity index (χ1n) is 13.2. The Bertz CT molecular complexity index is 1520. The van der Waals surface area contributed by atoms with Gasteiger partial charge in [-0.1, -0.05) is 19.4 Å². The van der Waals surface area contributed by atoms with Gasteiger partial charge < -0.3 is 19.5 Å². The summed E-state index contributed by atoms with van der Waals surface area (Å²) in [7, 11) is -3.85. The third-order valence-corrected chi connectivity index (χ3v) is 7.91. The highest BCUT2D eigenvalue weighted by Gasteiger charge is 2.30. The quantitative estimate of drug-likeness (QED) is 0.338. The molecule has 0 spiro atoms. The number of anilines is 1. The summed E-state index contributed by atoms with van der Waals surface area (Å²) >= 11 is 0. The lowest BCUT2D eigenvalue weighted by atomic mass is 9.97. The summed E-state index contributed by atoms with van der Waals surface area (Å²) in [6, 6.07) is 8.27. The van der Waals surface area contributed by atoms with E-state index in [-0.39, 0.29) is 22.6 Å². The van der Waals surface area contributed by atoms with Crippen LogP contribution in [0, 0.1) is 0 Å². The average Bonchev–Trinajstić information content (AvgIpc) is 2.96. The molecule has 2 aromatic heterocycles. The van der Waals surface area contributed by atoms with Gasteiger partial charge in [0.25, 0.3) is 10.0 Å². The van der Waals surface area contributed by atoms with Gasteiger partial charge in [-0.2, -0.15) is 26.3 Å². The minimum atomic E-state index is -5.19. The summed E-state index contributed by atoms with van der Waals surface area (Å²) in [5.41, 5.74) is 3.68. The van der Waals surface area contributed by atoms with Gasteiger partial charge in [-0.3, -0.25) is 9.71 Å². The first-order valence-corrected chi connectivity index (χ1v) is 14.7. The van der Waals surface area contributed by atoms with Gasteiger partial charge in [-0.15, -0.1) is 0 Å². The zero-order valence-electron chi connectivity index (χ0n) is 23.5. The van der Waals surface area contributed by atoms with Crippen LogP contribution in [-0.4, -0.2) is 54.8 Å². The molecule has 4 rings (SSSR count). The van der Waals surface area contributed by atoms with E-state index in [1.54, 1.807) is 24.4 Å². The largest absolute Gasteiger partial charge is 0.542 e. The fraction of sp³-hybridized carbons (Fsp3) is 0.407. The number of pyridine rings is 1. The van der Waals surface area contributed by atoms with Crippen molar-refractivity contribution in [1.82, 2.24) is 15.0 Å². The molecule has 240 valence electrons. The fourth-order valence-electron chi connectivity index (χ4n) is 4.29. The van der Waals surface area contributed by atoms with Gasteiger partial charge in [0, 0.05) is 29.8 Å². The van der Waals surface area contributed by atoms with E-state index < -0.39 is 35.0 Å². The molecule has 17 heteroatoms. The second-order valence-corrected chi connectivity index (χ2v) is 11.5. The molecular formula is C27H29F6N5O5S. The first kappa shape index (κ1) is 34.5. The number of halogens is 6. The van der Waals surface area contributed by atoms with Gasteiger partial charge in [-0.05, 0) is 37.1 Å². The molecular weight excluding hydrogens is 620 g/mol. The summed E-state index contributed by atoms with van der Waals surface area (Å²) in [5, 5.41) is 8.78. The van der Waals surface area contributed by atoms with Crippen LogP contribution in [0.1, 0.15) is 48.7 Å². The minimum Gasteiger partial charge on any atom is -0.542 e. The molecule has 3 aromatic rings. The Hall–Kier alpha value is -3.99. The average molecular weight is 650 g/mol. The molecule has 1 aliphatic rings. The minimum absolute atomic E-state index is 0.00684. The number of aromatic nitrogens is 3. The molecule has 0 fully saturated rings. The number of nitrogens with one attached hydrogen (secondary N) is 2. The summed E-state index contributed by atoms with van der Waals surface area (Å²) in [6.45, 7) is 4.07. The highest BCUT2D eigenvalue weighted by Crippen LogP contribution is 2.22. The monoisotopic (exact) mass is 649 g/mol. The molecule has 2 atom stereocenters. The smallest absolute Gasteiger partial charge is 0.430 e. The highest BCUT2D eigenvalue weighted by molar-refractivity contribution is 7.92. The van der Waals surface area contributed by atoms with Crippen molar-refractivity contribution in [3.05, 3.63) is 71.3 Å². The number of carbonyl (C=O) groups is 1. The van der Waals surface area contributed by atoms with Crippen LogP contribution in [0.5, 0.6) is 5.88 Å². The zero-order chi connectivity index (χ0) is 32.7. The molecule has 0 aliphatic carbocycles. The molecule has 0 radical (unpaired) electrons. The molecule has 44 heavy (non-hydrogen) atoms. The zero-order valence-corrected chi connectivity index (χ0v) is 24.3. The molecule has 1 aromatic carbocycles. The number of nitrogens with zero attached hydrogens (tertiary/aromatic N) is 3. The second kappa shape index (κ2) is 14.2. The highest BCUT2D eigenvalue weighted by atomic mass is 32.2. The maximum Gasteiger partial charge on any atom is 0.430 e. The number of aryl methyl sites for hydroxylation is 1. The van der Waals surface area contributed by atoms with E-state index in [2.05, 4.69) is 24.4 Å². The SMILES string of the molecule is CCCc1cnc(NS(=O)(=O)c2ccc3c(c2)C[NH+]([C@H](C)c2ccc(OCC(F)(F)F)nc2)CC3)cn1.O=C([O-])C(F)(F)F. The standard InChI is InChI=1S/C25H28F3N5O3S.C2HF3O2/c1-3-4-21-13-30-23(14-29-21)32-37(34,35)22-7-5-18-9-10-33(15-20(18)11-22)17(2)19-6-8-24(31-12-19)36-16-25(26,27)28;3-2(4,5)1(6)7/h5-8,11-14,17H,3-4,9-10,15-16H2,1-2H3,(H,30,32);(H,6,7)/t17-;/m1./s1. The number of benzene rings is 1. The predicted octanol–water partition coefficient (Wildman–Crippen LogP) is 2.57. The van der Waals surface area contributed by atoms with Gasteiger partial charge in [0.1, 0.15) is 18.6 Å². The Morgan fingerprint density at radius 2 is 1.75 bits per heavy atom. The van der Waals surface area contributed by atoms with E-state index in [1.807, 2.05) is 19.9 Å². The number of carboxylic acids is 1. The summed E-state index contributed by atoms with van der Waals surface area (Å²) in [4.78, 5) is 22.5. The van der Waals surface area contributed by atoms with Crippen LogP contribution in [0.15, 0.2) is 53.8 Å². The summed E-state index contributed by atoms with van der Waals surface area (Å²) in [5.74, 6) is -2.93. The normalized spacial score (nSPS) is 15.8. The molecule has 1 aliphatic heterocycles. The maximum atomic E-state index is 13.0. The van der Waals surface area contributed by atoms with Crippen molar-refractivity contribution < 1.29 is 54.3 Å². The molecule has 0 saturated heterocycles. The Kier molecular flexibility index (Phi) is 11.1. The maximum absolute atomic E-state index is 13.0. The molecule has 2 N–H and O–H groups in total. The summed E-state index contributed by atoms with van der Waals surface area (Å²) < 4.78 is 102. The van der Waals surface area contributed by atoms with Crippen LogP contribution in [-0.2, 0) is 34.2 Å². The number of fused-ring (bicyclic) bond motifs is 1. The number of aliphatic carboxylic acids is 1. The third kappa shape index (κ3) is 10.0. The van der Waals surface area contributed by atoms with Crippen molar-refractivity contribution in [2.24, 2.45) is 0 Å². The van der Waals surface area contributed by atoms with Crippen molar-refractivity contribution in [3.63, 3.8) is 0 Å². The molecule has 0 amide bonds. The Morgan fingerprint density at radius 3 is 2.30 bits per heavy atom. The number of sulfonamides is 1. The predicted molar refractivity (Wildman–Crippen MR) is 142 cm³/mol. The van der Waals surface area contributed by atoms with Crippen LogP contribution in [0.3, 0.4) is 0 Å². The second-order valence-electron chi connectivity index (χ2n) is 9.85. The summed E-state index contributed by atoms with van der Waals surface area (Å²) in [6.07, 6.45) is -2.64. The number of hydrogen-bond acceptors (Lipinski definition) is 8. The number of hydrogen-bond donors (Lipinski definition) is 2. The van der Waals surface area contributed by atoms with E-state index in [4.69, 9.17) is 9.90 Å². The van der Waals surface area contributed by atoms with Crippen molar-refractivity contribution in [2.45, 2.75) is 62.9 Å². The molecule has 1 unspecified atom stereocenters. The van der Waals surface area contributed by atoms with E-state index in [9.17, 15) is 34.8 Å². The lowest BCUT2D eigenvalue weighted by molar-refractivity contribution is -0.945. The molecule has 0 saturated carbocycles. The number of rotatable bonds is 9. The van der Waals surface area contributed by atoms with Crippen molar-refractivity contribution in [3.8, 4) is 5.88 Å². The lowest BCUT2D eigenvalue weighted by Crippen LogP contribution is -3.11. The van der Waals surface area contributed by atoms with E-state index in [1.165, 1.54) is 23.4 Å². The molecule has 0 bridgehead atoms. The Labute approximate surface area is 249 Å². The molecule has 3 heterocycles. The van der Waals surface area contributed by atoms with E-state index in [0.29, 0.717) is 6.54 Å². The van der Waals surface area contributed by atoms with Crippen LogP contribution in [0.4, 0.5) is 32.2 Å². The van der Waals surface area contributed by atoms with Crippen LogP contribution in [0.2, 0.25) is 0 Å². The van der Waals surface area contributed by atoms with Gasteiger partial charge >= 0.3 is 12.4 Å². The third-order valence-electron chi connectivity index (χ3n) is 6.56. The van der Waals surface area contributed by atoms with Gasteiger partial charge in [0.2, 0.25) is 5.88 Å². The van der Waals surface area contributed by atoms with Gasteiger partial charge in [0.05, 0.1) is 29.5 Å². The van der Waals surface area contributed by atoms with Gasteiger partial charge in [0.15, 0.2) is 12.4 Å². The topological polar surface area (TPSA) is 139 Å². The first-order chi connectivity index (χ1) is 20.5. The van der Waals surface area contributed by atoms with Crippen molar-refractivity contribution >= 4 is 21.8 Å². The number of ether oxygens (including phenoxy) is 1. The Morgan fingerprint density at radius 1 is 1.05 bits per heavy atom. The van der Waals surface area contributed by atoms with Crippen molar-refractivity contribution in [2.75, 3.05) is 17.9 Å². The number of carboxylic acid groups (broad SMARTS) is 1. The van der Waals surface area contributed by atoms with Crippen LogP contribution >= 0.6 is 0 Å². The Balaban J connectivity index is 0.000000676. The number of carbonyl (C=O) groups excluding carboxylic acids is 1. The lowest BCUT2D eigenvalue weighted by Gasteiger charge is -2.31. The number of alkyl halides is 6. The van der Waals surface area contributed by atoms with E-state index in [0.717, 1.165) is 48.2 Å². The van der Waals surface area contributed by atoms with Crippen molar-refractivity contribution in [1.29, 1.82) is 0 Å². The van der Waals surface area contributed by atoms with Gasteiger partial charge in [-0.25, -0.2) is 18.4 Å². The molecule has 10 nitrogen and oxygen atoms in total. The van der Waals surface area contributed by atoms with Crippen LogP contribution < -0.4 is 19.5 Å². The fourth-order valence-corrected chi connectivity index (χ4v) is 5.33. The van der Waals surface area contributed by atoms with Crippen LogP contribution in [0.25, 0.3) is 0 Å².